The van der Waals surface area contributed by atoms with E-state index in [1.54, 1.807) is 0 Å². The van der Waals surface area contributed by atoms with Crippen molar-refractivity contribution in [3.05, 3.63) is 23.8 Å². The Balaban J connectivity index is 2.23. The summed E-state index contributed by atoms with van der Waals surface area (Å²) in [7, 11) is 0. The van der Waals surface area contributed by atoms with Crippen LogP contribution in [-0.4, -0.2) is 24.3 Å². The van der Waals surface area contributed by atoms with E-state index in [1.165, 1.54) is 0 Å². The molecule has 0 amide bonds. The van der Waals surface area contributed by atoms with Crippen molar-refractivity contribution in [1.29, 1.82) is 0 Å². The molecule has 0 aliphatic carbocycles. The summed E-state index contributed by atoms with van der Waals surface area (Å²) in [6.07, 6.45) is 0.944. The van der Waals surface area contributed by atoms with Gasteiger partial charge in [0, 0.05) is 25.2 Å². The van der Waals surface area contributed by atoms with Gasteiger partial charge >= 0.3 is 0 Å². The predicted octanol–water partition coefficient (Wildman–Crippen LogP) is 1.51. The lowest BCUT2D eigenvalue weighted by Crippen LogP contribution is -2.36. The zero-order valence-electron chi connectivity index (χ0n) is 8.79. The van der Waals surface area contributed by atoms with Crippen LogP contribution in [-0.2, 0) is 0 Å². The summed E-state index contributed by atoms with van der Waals surface area (Å²) in [6, 6.07) is 2.11. The molecule has 88 valence electrons. The number of benzene rings is 1. The van der Waals surface area contributed by atoms with E-state index in [4.69, 9.17) is 5.73 Å². The second kappa shape index (κ2) is 4.25. The first-order valence-corrected chi connectivity index (χ1v) is 5.25. The molecule has 1 aromatic rings. The van der Waals surface area contributed by atoms with Crippen LogP contribution in [0.4, 0.5) is 20.2 Å². The molecule has 0 radical (unpaired) electrons. The van der Waals surface area contributed by atoms with Crippen molar-refractivity contribution in [2.24, 2.45) is 0 Å². The van der Waals surface area contributed by atoms with Crippen molar-refractivity contribution in [3.63, 3.8) is 0 Å². The van der Waals surface area contributed by atoms with Crippen LogP contribution < -0.4 is 10.6 Å². The third-order valence-corrected chi connectivity index (χ3v) is 2.87. The second-order valence-corrected chi connectivity index (χ2v) is 4.04. The highest BCUT2D eigenvalue weighted by molar-refractivity contribution is 5.67. The molecule has 0 saturated carbocycles. The smallest absolute Gasteiger partial charge is 0.161 e. The van der Waals surface area contributed by atoms with E-state index in [9.17, 15) is 13.9 Å². The number of hydrogen-bond acceptors (Lipinski definition) is 3. The molecule has 0 unspecified atom stereocenters. The molecule has 1 aliphatic heterocycles. The molecule has 3 N–H and O–H groups in total. The van der Waals surface area contributed by atoms with Crippen molar-refractivity contribution >= 4 is 11.4 Å². The minimum absolute atomic E-state index is 0.232. The van der Waals surface area contributed by atoms with Gasteiger partial charge in [-0.1, -0.05) is 0 Å². The first kappa shape index (κ1) is 11.1. The van der Waals surface area contributed by atoms with Gasteiger partial charge in [0.15, 0.2) is 11.6 Å². The highest BCUT2D eigenvalue weighted by atomic mass is 19.2. The van der Waals surface area contributed by atoms with Gasteiger partial charge < -0.3 is 15.7 Å². The quantitative estimate of drug-likeness (QED) is 0.716. The Morgan fingerprint density at radius 2 is 1.75 bits per heavy atom. The number of nitrogens with two attached hydrogens (primary N) is 1. The number of hydrogen-bond donors (Lipinski definition) is 2. The van der Waals surface area contributed by atoms with Gasteiger partial charge in [-0.15, -0.1) is 0 Å². The molecule has 2 rings (SSSR count). The van der Waals surface area contributed by atoms with Gasteiger partial charge in [-0.3, -0.25) is 0 Å². The Bertz CT molecular complexity index is 390. The van der Waals surface area contributed by atoms with Crippen LogP contribution in [0.3, 0.4) is 0 Å². The zero-order chi connectivity index (χ0) is 11.7. The third kappa shape index (κ3) is 2.09. The fourth-order valence-corrected chi connectivity index (χ4v) is 1.93. The monoisotopic (exact) mass is 228 g/mol. The maximum absolute atomic E-state index is 13.1. The van der Waals surface area contributed by atoms with Crippen molar-refractivity contribution in [2.75, 3.05) is 23.7 Å². The SMILES string of the molecule is Nc1cc(F)c(F)cc1N1CCC(O)CC1. The fraction of sp³-hybridized carbons (Fsp3) is 0.455. The summed E-state index contributed by atoms with van der Waals surface area (Å²) in [6.45, 7) is 1.22. The van der Waals surface area contributed by atoms with Crippen LogP contribution >= 0.6 is 0 Å². The summed E-state index contributed by atoms with van der Waals surface area (Å²) >= 11 is 0. The second-order valence-electron chi connectivity index (χ2n) is 4.04. The normalized spacial score (nSPS) is 17.8. The molecule has 0 bridgehead atoms. The number of nitrogens with zero attached hydrogens (tertiary/aromatic N) is 1. The van der Waals surface area contributed by atoms with Crippen LogP contribution in [0.15, 0.2) is 12.1 Å². The molecule has 1 heterocycles. The molecule has 0 spiro atoms. The van der Waals surface area contributed by atoms with Crippen LogP contribution in [0, 0.1) is 11.6 Å². The van der Waals surface area contributed by atoms with Gasteiger partial charge in [0.05, 0.1) is 17.5 Å². The maximum atomic E-state index is 13.1. The van der Waals surface area contributed by atoms with E-state index >= 15 is 0 Å². The number of piperidine rings is 1. The minimum Gasteiger partial charge on any atom is -0.397 e. The lowest BCUT2D eigenvalue weighted by Gasteiger charge is -2.32. The Morgan fingerprint density at radius 3 is 2.38 bits per heavy atom. The van der Waals surface area contributed by atoms with Crippen LogP contribution in [0.5, 0.6) is 0 Å². The molecule has 5 heteroatoms. The van der Waals surface area contributed by atoms with E-state index in [1.807, 2.05) is 4.90 Å². The van der Waals surface area contributed by atoms with Crippen LogP contribution in [0.2, 0.25) is 0 Å². The molecule has 1 aliphatic rings. The highest BCUT2D eigenvalue weighted by Gasteiger charge is 2.20. The van der Waals surface area contributed by atoms with E-state index in [-0.39, 0.29) is 11.8 Å². The van der Waals surface area contributed by atoms with Crippen molar-refractivity contribution < 1.29 is 13.9 Å². The largest absolute Gasteiger partial charge is 0.397 e. The van der Waals surface area contributed by atoms with Crippen molar-refractivity contribution in [1.82, 2.24) is 0 Å². The molecular formula is C11H14F2N2O. The van der Waals surface area contributed by atoms with Gasteiger partial charge in [-0.05, 0) is 12.8 Å². The standard InChI is InChI=1S/C11H14F2N2O/c12-8-5-10(14)11(6-9(8)13)15-3-1-7(16)2-4-15/h5-7,16H,1-4,14H2. The van der Waals surface area contributed by atoms with E-state index < -0.39 is 11.6 Å². The number of anilines is 2. The highest BCUT2D eigenvalue weighted by Crippen LogP contribution is 2.28. The first-order valence-electron chi connectivity index (χ1n) is 5.25. The maximum Gasteiger partial charge on any atom is 0.161 e. The van der Waals surface area contributed by atoms with Gasteiger partial charge in [0.2, 0.25) is 0 Å². The molecule has 0 atom stereocenters. The van der Waals surface area contributed by atoms with Crippen LogP contribution in [0.25, 0.3) is 0 Å². The summed E-state index contributed by atoms with van der Waals surface area (Å²) in [4.78, 5) is 1.87. The molecule has 0 aromatic heterocycles. The Hall–Kier alpha value is -1.36. The van der Waals surface area contributed by atoms with Gasteiger partial charge in [-0.25, -0.2) is 8.78 Å². The Labute approximate surface area is 92.5 Å². The average Bonchev–Trinajstić information content (AvgIpc) is 2.25. The molecule has 1 fully saturated rings. The fourth-order valence-electron chi connectivity index (χ4n) is 1.93. The summed E-state index contributed by atoms with van der Waals surface area (Å²) < 4.78 is 26.0. The number of nitrogen functional groups attached to an aromatic ring is 1. The topological polar surface area (TPSA) is 49.5 Å². The van der Waals surface area contributed by atoms with E-state index in [0.717, 1.165) is 12.1 Å². The summed E-state index contributed by atoms with van der Waals surface area (Å²) in [5.74, 6) is -1.83. The molecule has 3 nitrogen and oxygen atoms in total. The van der Waals surface area contributed by atoms with Gasteiger partial charge in [0.1, 0.15) is 0 Å². The van der Waals surface area contributed by atoms with E-state index in [2.05, 4.69) is 0 Å². The van der Waals surface area contributed by atoms with E-state index in [0.29, 0.717) is 31.6 Å². The van der Waals surface area contributed by atoms with Crippen LogP contribution in [0.1, 0.15) is 12.8 Å². The first-order chi connectivity index (χ1) is 7.58. The van der Waals surface area contributed by atoms with Gasteiger partial charge in [0.25, 0.3) is 0 Å². The number of rotatable bonds is 1. The van der Waals surface area contributed by atoms with Crippen molar-refractivity contribution in [2.45, 2.75) is 18.9 Å². The van der Waals surface area contributed by atoms with Crippen molar-refractivity contribution in [3.8, 4) is 0 Å². The number of aliphatic hydroxyl groups excluding tert-OH is 1. The Morgan fingerprint density at radius 1 is 1.19 bits per heavy atom. The average molecular weight is 228 g/mol. The number of halogens is 2. The minimum atomic E-state index is -0.932. The molecule has 1 saturated heterocycles. The summed E-state index contributed by atoms with van der Waals surface area (Å²) in [5.41, 5.74) is 6.38. The lowest BCUT2D eigenvalue weighted by atomic mass is 10.1. The molecule has 1 aromatic carbocycles. The third-order valence-electron chi connectivity index (χ3n) is 2.87. The molecular weight excluding hydrogens is 214 g/mol. The predicted molar refractivity (Wildman–Crippen MR) is 58.2 cm³/mol. The lowest BCUT2D eigenvalue weighted by molar-refractivity contribution is 0.145. The number of aliphatic hydroxyl groups is 1. The Kier molecular flexibility index (Phi) is 2.96. The van der Waals surface area contributed by atoms with Gasteiger partial charge in [-0.2, -0.15) is 0 Å². The zero-order valence-corrected chi connectivity index (χ0v) is 8.79. The summed E-state index contributed by atoms with van der Waals surface area (Å²) in [5, 5.41) is 9.35. The molecule has 16 heavy (non-hydrogen) atoms.